The van der Waals surface area contributed by atoms with Gasteiger partial charge in [-0.05, 0) is 41.8 Å². The first-order chi connectivity index (χ1) is 10.9. The van der Waals surface area contributed by atoms with Crippen LogP contribution in [0.2, 0.25) is 0 Å². The predicted molar refractivity (Wildman–Crippen MR) is 79.4 cm³/mol. The van der Waals surface area contributed by atoms with E-state index in [-0.39, 0.29) is 13.6 Å². The van der Waals surface area contributed by atoms with Gasteiger partial charge in [0.25, 0.3) is 0 Å². The average molecular weight is 293 g/mol. The second-order valence-electron chi connectivity index (χ2n) is 5.15. The summed E-state index contributed by atoms with van der Waals surface area (Å²) in [5.41, 5.74) is 1.86. The summed E-state index contributed by atoms with van der Waals surface area (Å²) in [5.74, 6) is 3.04. The van der Waals surface area contributed by atoms with E-state index in [2.05, 4.69) is 4.98 Å². The van der Waals surface area contributed by atoms with Gasteiger partial charge in [0.1, 0.15) is 0 Å². The highest BCUT2D eigenvalue weighted by molar-refractivity contribution is 5.97. The zero-order valence-electron chi connectivity index (χ0n) is 11.5. The molecule has 0 radical (unpaired) electrons. The van der Waals surface area contributed by atoms with E-state index >= 15 is 0 Å². The molecule has 5 rings (SSSR count). The van der Waals surface area contributed by atoms with Crippen LogP contribution >= 0.6 is 0 Å². The molecular weight excluding hydrogens is 282 g/mol. The second-order valence-corrected chi connectivity index (χ2v) is 5.15. The van der Waals surface area contributed by atoms with E-state index in [0.29, 0.717) is 0 Å². The van der Waals surface area contributed by atoms with Crippen molar-refractivity contribution in [2.75, 3.05) is 13.6 Å². The third-order valence-electron chi connectivity index (χ3n) is 3.90. The van der Waals surface area contributed by atoms with Gasteiger partial charge in [-0.1, -0.05) is 0 Å². The van der Waals surface area contributed by atoms with Crippen LogP contribution in [0, 0.1) is 0 Å². The minimum atomic E-state index is 0.262. The molecule has 0 spiro atoms. The number of ether oxygens (including phenoxy) is 4. The molecule has 3 heterocycles. The summed E-state index contributed by atoms with van der Waals surface area (Å²) in [4.78, 5) is 4.54. The molecule has 0 unspecified atom stereocenters. The van der Waals surface area contributed by atoms with Crippen LogP contribution in [0.5, 0.6) is 23.0 Å². The smallest absolute Gasteiger partial charge is 0.231 e. The van der Waals surface area contributed by atoms with Gasteiger partial charge in [-0.25, -0.2) is 0 Å². The molecule has 108 valence electrons. The molecule has 0 fully saturated rings. The molecule has 0 saturated heterocycles. The van der Waals surface area contributed by atoms with Crippen LogP contribution in [-0.4, -0.2) is 18.6 Å². The van der Waals surface area contributed by atoms with Gasteiger partial charge < -0.3 is 18.9 Å². The van der Waals surface area contributed by atoms with Crippen molar-refractivity contribution in [3.63, 3.8) is 0 Å². The van der Waals surface area contributed by atoms with Crippen LogP contribution in [0.15, 0.2) is 42.6 Å². The van der Waals surface area contributed by atoms with Crippen LogP contribution in [0.4, 0.5) is 0 Å². The Kier molecular flexibility index (Phi) is 2.27. The van der Waals surface area contributed by atoms with Crippen LogP contribution in [-0.2, 0) is 0 Å². The summed E-state index contributed by atoms with van der Waals surface area (Å²) in [6.45, 7) is 0.527. The first-order valence-electron chi connectivity index (χ1n) is 6.97. The Morgan fingerprint density at radius 3 is 2.32 bits per heavy atom. The van der Waals surface area contributed by atoms with E-state index in [4.69, 9.17) is 18.9 Å². The second kappa shape index (κ2) is 4.27. The number of nitrogens with zero attached hydrogens (tertiary/aromatic N) is 1. The Bertz CT molecular complexity index is 907. The SMILES string of the molecule is c1cc2cc3c(cc2c(-c2ccc4c(c2)OCO4)n1)OCO3. The molecule has 5 nitrogen and oxygen atoms in total. The molecule has 0 N–H and O–H groups in total. The normalized spacial score (nSPS) is 14.5. The minimum absolute atomic E-state index is 0.262. The lowest BCUT2D eigenvalue weighted by atomic mass is 10.0. The fourth-order valence-electron chi connectivity index (χ4n) is 2.84. The van der Waals surface area contributed by atoms with Crippen LogP contribution < -0.4 is 18.9 Å². The number of aromatic nitrogens is 1. The van der Waals surface area contributed by atoms with E-state index < -0.39 is 0 Å². The largest absolute Gasteiger partial charge is 0.454 e. The maximum atomic E-state index is 5.48. The Morgan fingerprint density at radius 2 is 1.45 bits per heavy atom. The van der Waals surface area contributed by atoms with Crippen LogP contribution in [0.25, 0.3) is 22.0 Å². The molecule has 5 heteroatoms. The summed E-state index contributed by atoms with van der Waals surface area (Å²) in [6.07, 6.45) is 1.80. The van der Waals surface area contributed by atoms with Gasteiger partial charge in [-0.15, -0.1) is 0 Å². The standard InChI is InChI=1S/C17H11NO4/c1-2-13-14(20-8-19-13)6-11(1)17-12-7-16-15(21-9-22-16)5-10(12)3-4-18-17/h1-7H,8-9H2. The minimum Gasteiger partial charge on any atom is -0.454 e. The first kappa shape index (κ1) is 11.7. The van der Waals surface area contributed by atoms with E-state index in [1.807, 2.05) is 36.4 Å². The fraction of sp³-hybridized carbons (Fsp3) is 0.118. The molecule has 0 atom stereocenters. The van der Waals surface area contributed by atoms with Gasteiger partial charge >= 0.3 is 0 Å². The predicted octanol–water partition coefficient (Wildman–Crippen LogP) is 3.36. The van der Waals surface area contributed by atoms with Crippen molar-refractivity contribution in [2.45, 2.75) is 0 Å². The lowest BCUT2D eigenvalue weighted by Gasteiger charge is -2.08. The molecule has 0 aliphatic carbocycles. The van der Waals surface area contributed by atoms with Crippen molar-refractivity contribution in [2.24, 2.45) is 0 Å². The molecule has 2 aromatic carbocycles. The third kappa shape index (κ3) is 1.62. The average Bonchev–Trinajstić information content (AvgIpc) is 3.19. The molecule has 0 amide bonds. The number of hydrogen-bond acceptors (Lipinski definition) is 5. The van der Waals surface area contributed by atoms with Crippen molar-refractivity contribution < 1.29 is 18.9 Å². The Labute approximate surface area is 126 Å². The van der Waals surface area contributed by atoms with Gasteiger partial charge in [-0.2, -0.15) is 0 Å². The monoisotopic (exact) mass is 293 g/mol. The Morgan fingerprint density at radius 1 is 0.727 bits per heavy atom. The molecule has 1 aromatic heterocycles. The van der Waals surface area contributed by atoms with Crippen LogP contribution in [0.1, 0.15) is 0 Å². The Balaban J connectivity index is 1.74. The lowest BCUT2D eigenvalue weighted by Crippen LogP contribution is -1.93. The molecule has 2 aliphatic rings. The van der Waals surface area contributed by atoms with E-state index in [9.17, 15) is 0 Å². The van der Waals surface area contributed by atoms with Crippen LogP contribution in [0.3, 0.4) is 0 Å². The zero-order valence-corrected chi connectivity index (χ0v) is 11.5. The molecule has 22 heavy (non-hydrogen) atoms. The van der Waals surface area contributed by atoms with Gasteiger partial charge in [-0.3, -0.25) is 4.98 Å². The van der Waals surface area contributed by atoms with Gasteiger partial charge in [0.05, 0.1) is 5.69 Å². The quantitative estimate of drug-likeness (QED) is 0.688. The highest BCUT2D eigenvalue weighted by atomic mass is 16.7. The molecule has 0 saturated carbocycles. The Hall–Kier alpha value is -2.95. The van der Waals surface area contributed by atoms with Crippen molar-refractivity contribution in [3.8, 4) is 34.3 Å². The zero-order chi connectivity index (χ0) is 14.5. The summed E-state index contributed by atoms with van der Waals surface area (Å²) in [5, 5.41) is 2.08. The maximum absolute atomic E-state index is 5.48. The molecular formula is C17H11NO4. The molecule has 3 aromatic rings. The van der Waals surface area contributed by atoms with E-state index in [0.717, 1.165) is 45.0 Å². The molecule has 2 aliphatic heterocycles. The number of pyridine rings is 1. The number of fused-ring (bicyclic) bond motifs is 3. The number of hydrogen-bond donors (Lipinski definition) is 0. The number of benzene rings is 2. The fourth-order valence-corrected chi connectivity index (χ4v) is 2.84. The van der Waals surface area contributed by atoms with E-state index in [1.165, 1.54) is 0 Å². The van der Waals surface area contributed by atoms with E-state index in [1.54, 1.807) is 6.20 Å². The van der Waals surface area contributed by atoms with Gasteiger partial charge in [0.15, 0.2) is 23.0 Å². The lowest BCUT2D eigenvalue weighted by molar-refractivity contribution is 0.173. The highest BCUT2D eigenvalue weighted by Crippen LogP contribution is 2.41. The summed E-state index contributed by atoms with van der Waals surface area (Å²) < 4.78 is 21.7. The topological polar surface area (TPSA) is 49.8 Å². The van der Waals surface area contributed by atoms with Gasteiger partial charge in [0.2, 0.25) is 13.6 Å². The van der Waals surface area contributed by atoms with Gasteiger partial charge in [0, 0.05) is 17.1 Å². The summed E-state index contributed by atoms with van der Waals surface area (Å²) in [7, 11) is 0. The van der Waals surface area contributed by atoms with Crippen molar-refractivity contribution >= 4 is 10.8 Å². The summed E-state index contributed by atoms with van der Waals surface area (Å²) >= 11 is 0. The third-order valence-corrected chi connectivity index (χ3v) is 3.90. The van der Waals surface area contributed by atoms with Crippen molar-refractivity contribution in [3.05, 3.63) is 42.6 Å². The summed E-state index contributed by atoms with van der Waals surface area (Å²) in [6, 6.07) is 11.8. The maximum Gasteiger partial charge on any atom is 0.231 e. The molecule has 0 bridgehead atoms. The first-order valence-corrected chi connectivity index (χ1v) is 6.97. The van der Waals surface area contributed by atoms with Crippen molar-refractivity contribution in [1.29, 1.82) is 0 Å². The van der Waals surface area contributed by atoms with Crippen molar-refractivity contribution in [1.82, 2.24) is 4.98 Å². The number of rotatable bonds is 1. The highest BCUT2D eigenvalue weighted by Gasteiger charge is 2.18.